The maximum atomic E-state index is 12.3. The van der Waals surface area contributed by atoms with E-state index >= 15 is 0 Å². The summed E-state index contributed by atoms with van der Waals surface area (Å²) >= 11 is 0. The number of hydrogen-bond donors (Lipinski definition) is 1. The molecule has 0 aliphatic carbocycles. The van der Waals surface area contributed by atoms with Gasteiger partial charge in [-0.25, -0.2) is 4.79 Å². The van der Waals surface area contributed by atoms with Gasteiger partial charge in [-0.15, -0.1) is 0 Å². The number of rotatable bonds is 5. The molecule has 0 radical (unpaired) electrons. The number of carbonyl (C=O) groups is 2. The van der Waals surface area contributed by atoms with Crippen LogP contribution >= 0.6 is 0 Å². The number of nitrogens with zero attached hydrogens (tertiary/aromatic N) is 2. The fourth-order valence-corrected chi connectivity index (χ4v) is 2.48. The van der Waals surface area contributed by atoms with Crippen molar-refractivity contribution < 1.29 is 18.8 Å². The molecule has 3 rings (SSSR count). The zero-order valence-electron chi connectivity index (χ0n) is 13.4. The van der Waals surface area contributed by atoms with Gasteiger partial charge in [0.25, 0.3) is 5.91 Å². The summed E-state index contributed by atoms with van der Waals surface area (Å²) in [6, 6.07) is 9.15. The first-order chi connectivity index (χ1) is 11.6. The van der Waals surface area contributed by atoms with Crippen LogP contribution in [-0.4, -0.2) is 28.2 Å². The maximum absolute atomic E-state index is 12.3. The summed E-state index contributed by atoms with van der Waals surface area (Å²) in [6.45, 7) is 4.05. The molecule has 3 aromatic rings. The third kappa shape index (κ3) is 3.15. The molecule has 0 unspecified atom stereocenters. The maximum Gasteiger partial charge on any atom is 0.340 e. The third-order valence-corrected chi connectivity index (χ3v) is 3.58. The molecule has 7 heteroatoms. The molecule has 0 aliphatic rings. The number of carbonyl (C=O) groups excluding carboxylic acids is 2. The van der Waals surface area contributed by atoms with E-state index in [2.05, 4.69) is 10.5 Å². The number of esters is 1. The van der Waals surface area contributed by atoms with Gasteiger partial charge in [0, 0.05) is 29.7 Å². The van der Waals surface area contributed by atoms with E-state index < -0.39 is 18.5 Å². The number of fused-ring (bicyclic) bond motifs is 1. The molecule has 2 aromatic heterocycles. The Morgan fingerprint density at radius 3 is 2.83 bits per heavy atom. The van der Waals surface area contributed by atoms with Crippen molar-refractivity contribution in [3.8, 4) is 0 Å². The first kappa shape index (κ1) is 15.8. The quantitative estimate of drug-likeness (QED) is 0.728. The van der Waals surface area contributed by atoms with E-state index in [9.17, 15) is 9.59 Å². The Morgan fingerprint density at radius 1 is 1.33 bits per heavy atom. The van der Waals surface area contributed by atoms with Gasteiger partial charge in [0.1, 0.15) is 5.76 Å². The van der Waals surface area contributed by atoms with Crippen molar-refractivity contribution in [1.29, 1.82) is 0 Å². The van der Waals surface area contributed by atoms with Crippen LogP contribution in [-0.2, 0) is 16.1 Å². The Bertz CT molecular complexity index is 894. The normalized spacial score (nSPS) is 10.8. The van der Waals surface area contributed by atoms with E-state index in [0.717, 1.165) is 17.4 Å². The second-order valence-corrected chi connectivity index (χ2v) is 5.29. The summed E-state index contributed by atoms with van der Waals surface area (Å²) in [7, 11) is 0. The number of para-hydroxylation sites is 1. The highest BCUT2D eigenvalue weighted by Crippen LogP contribution is 2.22. The highest BCUT2D eigenvalue weighted by molar-refractivity contribution is 6.05. The topological polar surface area (TPSA) is 86.4 Å². The van der Waals surface area contributed by atoms with Crippen molar-refractivity contribution in [3.63, 3.8) is 0 Å². The van der Waals surface area contributed by atoms with Gasteiger partial charge in [-0.2, -0.15) is 0 Å². The minimum absolute atomic E-state index is 0.288. The number of benzene rings is 1. The Morgan fingerprint density at radius 2 is 2.12 bits per heavy atom. The molecule has 0 fully saturated rings. The average Bonchev–Trinajstić information content (AvgIpc) is 3.16. The fraction of sp³-hybridized carbons (Fsp3) is 0.235. The van der Waals surface area contributed by atoms with Crippen LogP contribution in [0.2, 0.25) is 0 Å². The largest absolute Gasteiger partial charge is 0.452 e. The van der Waals surface area contributed by atoms with Crippen LogP contribution in [0.25, 0.3) is 10.9 Å². The first-order valence-corrected chi connectivity index (χ1v) is 7.56. The van der Waals surface area contributed by atoms with Crippen LogP contribution < -0.4 is 5.32 Å². The predicted molar refractivity (Wildman–Crippen MR) is 87.8 cm³/mol. The Kier molecular flexibility index (Phi) is 4.33. The molecule has 1 aromatic carbocycles. The Hall–Kier alpha value is -3.09. The highest BCUT2D eigenvalue weighted by Gasteiger charge is 2.17. The monoisotopic (exact) mass is 327 g/mol. The molecule has 0 bridgehead atoms. The van der Waals surface area contributed by atoms with E-state index in [1.807, 2.05) is 35.8 Å². The fourth-order valence-electron chi connectivity index (χ4n) is 2.48. The third-order valence-electron chi connectivity index (χ3n) is 3.58. The lowest BCUT2D eigenvalue weighted by atomic mass is 10.2. The van der Waals surface area contributed by atoms with Gasteiger partial charge in [0.15, 0.2) is 12.4 Å². The molecular weight excluding hydrogens is 310 g/mol. The molecule has 7 nitrogen and oxygen atoms in total. The van der Waals surface area contributed by atoms with Crippen LogP contribution in [0.3, 0.4) is 0 Å². The summed E-state index contributed by atoms with van der Waals surface area (Å²) in [5.74, 6) is -0.147. The van der Waals surface area contributed by atoms with Gasteiger partial charge >= 0.3 is 5.97 Å². The molecule has 124 valence electrons. The second-order valence-electron chi connectivity index (χ2n) is 5.29. The zero-order valence-corrected chi connectivity index (χ0v) is 13.4. The summed E-state index contributed by atoms with van der Waals surface area (Å²) in [5, 5.41) is 6.95. The molecule has 0 atom stereocenters. The van der Waals surface area contributed by atoms with Gasteiger partial charge in [0.05, 0.1) is 5.56 Å². The average molecular weight is 327 g/mol. The second kappa shape index (κ2) is 6.57. The summed E-state index contributed by atoms with van der Waals surface area (Å²) in [6.07, 6.45) is 1.74. The molecule has 1 amide bonds. The molecule has 1 N–H and O–H groups in total. The van der Waals surface area contributed by atoms with Gasteiger partial charge in [-0.3, -0.25) is 4.79 Å². The SMILES string of the molecule is CCn1cc(C(=O)OCC(=O)Nc2cc(C)on2)c2ccccc21. The lowest BCUT2D eigenvalue weighted by molar-refractivity contribution is -0.119. The van der Waals surface area contributed by atoms with Crippen LogP contribution in [0.4, 0.5) is 5.82 Å². The van der Waals surface area contributed by atoms with E-state index in [1.165, 1.54) is 0 Å². The summed E-state index contributed by atoms with van der Waals surface area (Å²) < 4.78 is 11.9. The molecule has 2 heterocycles. The summed E-state index contributed by atoms with van der Waals surface area (Å²) in [4.78, 5) is 24.1. The van der Waals surface area contributed by atoms with E-state index in [0.29, 0.717) is 11.3 Å². The van der Waals surface area contributed by atoms with Crippen molar-refractivity contribution in [3.05, 3.63) is 47.9 Å². The van der Waals surface area contributed by atoms with Crippen molar-refractivity contribution in [2.45, 2.75) is 20.4 Å². The van der Waals surface area contributed by atoms with Crippen LogP contribution in [0.15, 0.2) is 41.1 Å². The van der Waals surface area contributed by atoms with Crippen molar-refractivity contribution in [2.24, 2.45) is 0 Å². The molecule has 24 heavy (non-hydrogen) atoms. The minimum atomic E-state index is -0.537. The minimum Gasteiger partial charge on any atom is -0.452 e. The number of ether oxygens (including phenoxy) is 1. The number of aromatic nitrogens is 2. The van der Waals surface area contributed by atoms with Crippen LogP contribution in [0.5, 0.6) is 0 Å². The standard InChI is InChI=1S/C17H17N3O4/c1-3-20-9-13(12-6-4-5-7-14(12)20)17(22)23-10-16(21)18-15-8-11(2)24-19-15/h4-9H,3,10H2,1-2H3,(H,18,19,21). The summed E-state index contributed by atoms with van der Waals surface area (Å²) in [5.41, 5.74) is 1.40. The number of hydrogen-bond acceptors (Lipinski definition) is 5. The number of anilines is 1. The van der Waals surface area contributed by atoms with Gasteiger partial charge < -0.3 is 19.1 Å². The van der Waals surface area contributed by atoms with Crippen LogP contribution in [0, 0.1) is 6.92 Å². The molecular formula is C17H17N3O4. The van der Waals surface area contributed by atoms with Crippen molar-refractivity contribution >= 4 is 28.6 Å². The highest BCUT2D eigenvalue weighted by atomic mass is 16.5. The molecule has 0 saturated carbocycles. The van der Waals surface area contributed by atoms with Gasteiger partial charge in [-0.1, -0.05) is 23.4 Å². The molecule has 0 saturated heterocycles. The van der Waals surface area contributed by atoms with E-state index in [1.54, 1.807) is 19.2 Å². The first-order valence-electron chi connectivity index (χ1n) is 7.56. The molecule has 0 spiro atoms. The Labute approximate surface area is 138 Å². The number of aryl methyl sites for hydroxylation is 2. The van der Waals surface area contributed by atoms with E-state index in [-0.39, 0.29) is 5.82 Å². The number of amides is 1. The molecule has 0 aliphatic heterocycles. The zero-order chi connectivity index (χ0) is 17.1. The predicted octanol–water partition coefficient (Wildman–Crippen LogP) is 2.75. The van der Waals surface area contributed by atoms with Gasteiger partial charge in [0.2, 0.25) is 0 Å². The van der Waals surface area contributed by atoms with Crippen molar-refractivity contribution in [1.82, 2.24) is 9.72 Å². The van der Waals surface area contributed by atoms with Crippen molar-refractivity contribution in [2.75, 3.05) is 11.9 Å². The Balaban J connectivity index is 1.68. The van der Waals surface area contributed by atoms with Crippen LogP contribution in [0.1, 0.15) is 23.0 Å². The smallest absolute Gasteiger partial charge is 0.340 e. The lowest BCUT2D eigenvalue weighted by Crippen LogP contribution is -2.21. The van der Waals surface area contributed by atoms with E-state index in [4.69, 9.17) is 9.26 Å². The number of nitrogens with one attached hydrogen (secondary N) is 1. The van der Waals surface area contributed by atoms with Gasteiger partial charge in [-0.05, 0) is 19.9 Å². The lowest BCUT2D eigenvalue weighted by Gasteiger charge is -2.03.